The minimum atomic E-state index is -0.425. The third-order valence-electron chi connectivity index (χ3n) is 4.59. The number of ether oxygens (including phenoxy) is 3. The summed E-state index contributed by atoms with van der Waals surface area (Å²) in [6.07, 6.45) is 0.783. The maximum atomic E-state index is 12.8. The van der Waals surface area contributed by atoms with E-state index < -0.39 is 5.97 Å². The minimum Gasteiger partial charge on any atom is -0.497 e. The molecule has 1 aromatic carbocycles. The Morgan fingerprint density at radius 1 is 1.11 bits per heavy atom. The molecule has 2 N–H and O–H groups in total. The maximum Gasteiger partial charge on any atom is 0.341 e. The van der Waals surface area contributed by atoms with E-state index in [2.05, 4.69) is 12.4 Å². The number of hydrogen-bond acceptors (Lipinski definition) is 6. The van der Waals surface area contributed by atoms with Gasteiger partial charge >= 0.3 is 5.97 Å². The molecule has 1 aliphatic heterocycles. The Labute approximate surface area is 161 Å². The van der Waals surface area contributed by atoms with Gasteiger partial charge in [-0.1, -0.05) is 0 Å². The lowest BCUT2D eigenvalue weighted by Gasteiger charge is -2.19. The van der Waals surface area contributed by atoms with Crippen LogP contribution in [0.5, 0.6) is 11.5 Å². The van der Waals surface area contributed by atoms with Crippen molar-refractivity contribution >= 4 is 28.2 Å². The van der Waals surface area contributed by atoms with Crippen LogP contribution >= 0.6 is 11.3 Å². The highest BCUT2D eigenvalue weighted by atomic mass is 32.1. The molecule has 3 rings (SSSR count). The molecule has 1 aromatic heterocycles. The number of anilines is 1. The van der Waals surface area contributed by atoms with Crippen molar-refractivity contribution in [3.8, 4) is 11.5 Å². The summed E-state index contributed by atoms with van der Waals surface area (Å²) in [5, 5.41) is 3.40. The summed E-state index contributed by atoms with van der Waals surface area (Å²) in [6, 6.07) is 4.95. The third kappa shape index (κ3) is 3.91. The summed E-state index contributed by atoms with van der Waals surface area (Å²) in [6.45, 7) is 1.76. The highest BCUT2D eigenvalue weighted by Crippen LogP contribution is 2.35. The van der Waals surface area contributed by atoms with Gasteiger partial charge in [0.1, 0.15) is 23.0 Å². The van der Waals surface area contributed by atoms with E-state index in [-0.39, 0.29) is 5.91 Å². The van der Waals surface area contributed by atoms with E-state index in [1.54, 1.807) is 18.2 Å². The van der Waals surface area contributed by atoms with Crippen LogP contribution in [0.15, 0.2) is 18.2 Å². The first-order chi connectivity index (χ1) is 13.0. The average molecular weight is 391 g/mol. The number of quaternary nitrogens is 1. The molecule has 1 unspecified atom stereocenters. The number of carbonyl (C=O) groups excluding carboxylic acids is 2. The SMILES string of the molecule is COC(=O)c1c(NC(=O)c2cc(OC)cc(OC)c2)sc2c1CC[NH+](C)C2. The first kappa shape index (κ1) is 19.2. The summed E-state index contributed by atoms with van der Waals surface area (Å²) >= 11 is 1.44. The molecule has 27 heavy (non-hydrogen) atoms. The van der Waals surface area contributed by atoms with E-state index in [1.807, 2.05) is 0 Å². The molecule has 1 amide bonds. The van der Waals surface area contributed by atoms with Crippen molar-refractivity contribution in [2.45, 2.75) is 13.0 Å². The lowest BCUT2D eigenvalue weighted by Crippen LogP contribution is -3.08. The molecular weight excluding hydrogens is 368 g/mol. The summed E-state index contributed by atoms with van der Waals surface area (Å²) < 4.78 is 15.4. The number of methoxy groups -OCH3 is 3. The number of thiophene rings is 1. The number of hydrogen-bond donors (Lipinski definition) is 2. The zero-order chi connectivity index (χ0) is 19.6. The Morgan fingerprint density at radius 3 is 2.37 bits per heavy atom. The first-order valence-corrected chi connectivity index (χ1v) is 9.37. The highest BCUT2D eigenvalue weighted by Gasteiger charge is 2.30. The van der Waals surface area contributed by atoms with E-state index in [1.165, 1.54) is 37.6 Å². The van der Waals surface area contributed by atoms with E-state index >= 15 is 0 Å². The molecule has 0 bridgehead atoms. The van der Waals surface area contributed by atoms with Gasteiger partial charge in [-0.2, -0.15) is 0 Å². The van der Waals surface area contributed by atoms with Crippen molar-refractivity contribution in [2.75, 3.05) is 40.2 Å². The molecule has 2 aromatic rings. The Bertz CT molecular complexity index is 855. The van der Waals surface area contributed by atoms with Gasteiger partial charge in [0.15, 0.2) is 0 Å². The van der Waals surface area contributed by atoms with Crippen LogP contribution in [0.4, 0.5) is 5.00 Å². The first-order valence-electron chi connectivity index (χ1n) is 8.55. The normalized spacial score (nSPS) is 15.6. The molecule has 1 atom stereocenters. The van der Waals surface area contributed by atoms with Crippen molar-refractivity contribution in [3.63, 3.8) is 0 Å². The van der Waals surface area contributed by atoms with Gasteiger partial charge in [-0.3, -0.25) is 4.79 Å². The molecule has 0 radical (unpaired) electrons. The van der Waals surface area contributed by atoms with Crippen LogP contribution in [-0.2, 0) is 17.7 Å². The van der Waals surface area contributed by atoms with E-state index in [0.29, 0.717) is 27.6 Å². The van der Waals surface area contributed by atoms with Crippen molar-refractivity contribution < 1.29 is 28.7 Å². The Hall–Kier alpha value is -2.58. The molecule has 1 aliphatic rings. The number of esters is 1. The molecule has 144 valence electrons. The molecule has 8 heteroatoms. The van der Waals surface area contributed by atoms with Gasteiger partial charge < -0.3 is 24.4 Å². The van der Waals surface area contributed by atoms with Crippen molar-refractivity contribution in [1.29, 1.82) is 0 Å². The smallest absolute Gasteiger partial charge is 0.341 e. The van der Waals surface area contributed by atoms with Gasteiger partial charge in [0.05, 0.1) is 45.4 Å². The van der Waals surface area contributed by atoms with Crippen LogP contribution in [0.25, 0.3) is 0 Å². The molecule has 0 saturated heterocycles. The average Bonchev–Trinajstić information content (AvgIpc) is 3.03. The summed E-state index contributed by atoms with van der Waals surface area (Å²) in [7, 11) is 6.52. The lowest BCUT2D eigenvalue weighted by atomic mass is 10.0. The summed E-state index contributed by atoms with van der Waals surface area (Å²) in [5.41, 5.74) is 1.83. The molecule has 0 fully saturated rings. The zero-order valence-electron chi connectivity index (χ0n) is 15.8. The number of nitrogens with one attached hydrogen (secondary N) is 2. The lowest BCUT2D eigenvalue weighted by molar-refractivity contribution is -0.895. The number of amides is 1. The maximum absolute atomic E-state index is 12.8. The van der Waals surface area contributed by atoms with Crippen LogP contribution in [0.1, 0.15) is 31.2 Å². The fourth-order valence-electron chi connectivity index (χ4n) is 3.14. The highest BCUT2D eigenvalue weighted by molar-refractivity contribution is 7.17. The van der Waals surface area contributed by atoms with Gasteiger partial charge in [0, 0.05) is 18.1 Å². The summed E-state index contributed by atoms with van der Waals surface area (Å²) in [4.78, 5) is 27.7. The molecule has 0 spiro atoms. The third-order valence-corrected chi connectivity index (χ3v) is 5.73. The molecule has 2 heterocycles. The minimum absolute atomic E-state index is 0.336. The quantitative estimate of drug-likeness (QED) is 0.753. The van der Waals surface area contributed by atoms with Gasteiger partial charge in [-0.15, -0.1) is 11.3 Å². The number of benzene rings is 1. The van der Waals surface area contributed by atoms with Crippen molar-refractivity contribution in [2.24, 2.45) is 0 Å². The number of rotatable bonds is 5. The molecule has 7 nitrogen and oxygen atoms in total. The van der Waals surface area contributed by atoms with Crippen LogP contribution in [0.3, 0.4) is 0 Å². The van der Waals surface area contributed by atoms with Gasteiger partial charge in [0.25, 0.3) is 5.91 Å². The Morgan fingerprint density at radius 2 is 1.78 bits per heavy atom. The second-order valence-electron chi connectivity index (χ2n) is 6.39. The summed E-state index contributed by atoms with van der Waals surface area (Å²) in [5.74, 6) is 0.272. The monoisotopic (exact) mass is 391 g/mol. The van der Waals surface area contributed by atoms with Crippen LogP contribution in [0, 0.1) is 0 Å². The predicted molar refractivity (Wildman–Crippen MR) is 102 cm³/mol. The molecule has 0 aliphatic carbocycles. The number of carbonyl (C=O) groups is 2. The Balaban J connectivity index is 1.95. The van der Waals surface area contributed by atoms with Crippen molar-refractivity contribution in [1.82, 2.24) is 0 Å². The van der Waals surface area contributed by atoms with Gasteiger partial charge in [-0.25, -0.2) is 4.79 Å². The van der Waals surface area contributed by atoms with Gasteiger partial charge in [0.2, 0.25) is 0 Å². The Kier molecular flexibility index (Phi) is 5.67. The topological polar surface area (TPSA) is 78.3 Å². The van der Waals surface area contributed by atoms with E-state index in [9.17, 15) is 9.59 Å². The predicted octanol–water partition coefficient (Wildman–Crippen LogP) is 1.37. The zero-order valence-corrected chi connectivity index (χ0v) is 16.6. The standard InChI is InChI=1S/C19H22N2O5S/c1-21-6-5-14-15(10-21)27-18(16(14)19(23)26-4)20-17(22)11-7-12(24-2)9-13(8-11)25-3/h7-9H,5-6,10H2,1-4H3,(H,20,22)/p+1. The molecule has 0 saturated carbocycles. The van der Waals surface area contributed by atoms with E-state index in [4.69, 9.17) is 14.2 Å². The second kappa shape index (κ2) is 7.98. The van der Waals surface area contributed by atoms with Crippen LogP contribution < -0.4 is 19.7 Å². The molecular formula is C19H23N2O5S+. The largest absolute Gasteiger partial charge is 0.497 e. The fourth-order valence-corrected chi connectivity index (χ4v) is 4.48. The van der Waals surface area contributed by atoms with Crippen LogP contribution in [0.2, 0.25) is 0 Å². The number of likely N-dealkylation sites (N-methyl/N-ethyl adjacent to an activating group) is 1. The number of fused-ring (bicyclic) bond motifs is 1. The van der Waals surface area contributed by atoms with Gasteiger partial charge in [-0.05, 0) is 17.7 Å². The second-order valence-corrected chi connectivity index (χ2v) is 7.49. The van der Waals surface area contributed by atoms with E-state index in [0.717, 1.165) is 30.0 Å². The fraction of sp³-hybridized carbons (Fsp3) is 0.368. The van der Waals surface area contributed by atoms with Crippen LogP contribution in [-0.4, -0.2) is 46.8 Å². The van der Waals surface area contributed by atoms with Crippen molar-refractivity contribution in [3.05, 3.63) is 39.8 Å².